The maximum atomic E-state index is 9.07. The molecule has 0 N–H and O–H groups in total. The quantitative estimate of drug-likeness (QED) is 0.173. The molecular weight excluding hydrogens is 673 g/mol. The molecule has 0 fully saturated rings. The van der Waals surface area contributed by atoms with E-state index in [0.29, 0.717) is 0 Å². The number of allylic oxidation sites excluding steroid dienone is 2. The van der Waals surface area contributed by atoms with Gasteiger partial charge in [0.1, 0.15) is 35.4 Å². The second kappa shape index (κ2) is 9.97. The Morgan fingerprint density at radius 3 is 1.21 bits per heavy atom. The zero-order valence-electron chi connectivity index (χ0n) is 20.7. The summed E-state index contributed by atoms with van der Waals surface area (Å²) in [6.45, 7) is 0. The summed E-state index contributed by atoms with van der Waals surface area (Å²) in [7, 11) is 0. The maximum absolute atomic E-state index is 9.07. The molecule has 42 heavy (non-hydrogen) atoms. The normalized spacial score (nSPS) is 11.2. The van der Waals surface area contributed by atoms with Crippen LogP contribution in [0.15, 0.2) is 47.5 Å². The van der Waals surface area contributed by atoms with Crippen LogP contribution in [0.1, 0.15) is 9.75 Å². The monoisotopic (exact) mass is 680 g/mol. The third-order valence-corrected chi connectivity index (χ3v) is 17.1. The van der Waals surface area contributed by atoms with Gasteiger partial charge in [-0.25, -0.2) is 0 Å². The average Bonchev–Trinajstić information content (AvgIpc) is 3.82. The molecule has 0 saturated carbocycles. The van der Waals surface area contributed by atoms with Gasteiger partial charge in [-0.15, -0.1) is 90.7 Å². The molecule has 0 aromatic carbocycles. The predicted molar refractivity (Wildman–Crippen MR) is 186 cm³/mol. The highest BCUT2D eigenvalue weighted by Gasteiger charge is 2.23. The maximum Gasteiger partial charge on any atom is 0.131 e. The smallest absolute Gasteiger partial charge is 0.131 e. The zero-order valence-corrected chi connectivity index (χ0v) is 27.2. The fourth-order valence-corrected chi connectivity index (χ4v) is 15.6. The number of fused-ring (bicyclic) bond motifs is 9. The topological polar surface area (TPSA) is 95.2 Å². The van der Waals surface area contributed by atoms with Crippen LogP contribution in [-0.4, -0.2) is 0 Å². The van der Waals surface area contributed by atoms with Crippen LogP contribution in [0, 0.1) is 45.3 Å². The molecule has 0 aliphatic heterocycles. The first-order valence-corrected chi connectivity index (χ1v) is 18.6. The summed E-state index contributed by atoms with van der Waals surface area (Å²) in [6, 6.07) is 20.4. The highest BCUT2D eigenvalue weighted by molar-refractivity contribution is 7.50. The van der Waals surface area contributed by atoms with Gasteiger partial charge in [0.25, 0.3) is 0 Å². The van der Waals surface area contributed by atoms with Gasteiger partial charge in [-0.3, -0.25) is 0 Å². The van der Waals surface area contributed by atoms with E-state index in [1.807, 2.05) is 104 Å². The van der Waals surface area contributed by atoms with Gasteiger partial charge in [0.15, 0.2) is 0 Å². The lowest BCUT2D eigenvalue weighted by Gasteiger charge is -1.89. The van der Waals surface area contributed by atoms with Gasteiger partial charge in [0.2, 0.25) is 0 Å². The van der Waals surface area contributed by atoms with E-state index in [1.165, 1.54) is 56.8 Å². The first kappa shape index (κ1) is 26.0. The van der Waals surface area contributed by atoms with Crippen LogP contribution in [-0.2, 0) is 0 Å². The number of thiophene rings is 8. The van der Waals surface area contributed by atoms with Crippen LogP contribution < -0.4 is 0 Å². The van der Waals surface area contributed by atoms with Gasteiger partial charge in [-0.1, -0.05) is 0 Å². The van der Waals surface area contributed by atoms with Gasteiger partial charge in [-0.2, -0.15) is 21.0 Å². The summed E-state index contributed by atoms with van der Waals surface area (Å²) >= 11 is 14.4. The molecule has 0 spiro atoms. The van der Waals surface area contributed by atoms with Gasteiger partial charge in [0.05, 0.1) is 37.6 Å². The van der Waals surface area contributed by atoms with Gasteiger partial charge in [-0.05, 0) is 48.6 Å². The number of nitrogens with zero attached hydrogens (tertiary/aromatic N) is 4. The standard InChI is InChI=1S/C30H8N4S8/c31-9-13(10-32)5-15-1-3-17(35-15)19-7-21-23(37-19)25-27(39-21)29-30(41-25)28-26(42-29)24-22(40-28)8-20(38-24)18-4-2-16(36-18)6-14(11-33)12-34/h1-8H. The molecule has 8 heterocycles. The Balaban J connectivity index is 1.17. The fraction of sp³-hybridized carbons (Fsp3) is 0. The molecule has 0 atom stereocenters. The van der Waals surface area contributed by atoms with Crippen LogP contribution in [0.3, 0.4) is 0 Å². The van der Waals surface area contributed by atoms with Gasteiger partial charge in [0, 0.05) is 38.7 Å². The second-order valence-electron chi connectivity index (χ2n) is 8.96. The molecule has 0 aliphatic rings. The third-order valence-electron chi connectivity index (χ3n) is 6.47. The third kappa shape index (κ3) is 4.01. The van der Waals surface area contributed by atoms with E-state index >= 15 is 0 Å². The van der Waals surface area contributed by atoms with Crippen molar-refractivity contribution in [3.05, 3.63) is 57.3 Å². The minimum atomic E-state index is 0.118. The Bertz CT molecular complexity index is 2420. The van der Waals surface area contributed by atoms with Crippen molar-refractivity contribution >= 4 is 150 Å². The van der Waals surface area contributed by atoms with E-state index < -0.39 is 0 Å². The van der Waals surface area contributed by atoms with E-state index in [2.05, 4.69) is 24.3 Å². The number of rotatable bonds is 4. The first-order chi connectivity index (χ1) is 20.6. The molecule has 0 aliphatic carbocycles. The predicted octanol–water partition coefficient (Wildman–Crippen LogP) is 12.1. The lowest BCUT2D eigenvalue weighted by Crippen LogP contribution is -1.68. The Kier molecular flexibility index (Phi) is 6.17. The Hall–Kier alpha value is -3.66. The van der Waals surface area contributed by atoms with E-state index in [1.54, 1.807) is 34.8 Å². The van der Waals surface area contributed by atoms with Crippen LogP contribution >= 0.6 is 90.7 Å². The molecule has 196 valence electrons. The highest BCUT2D eigenvalue weighted by atomic mass is 32.1. The number of hydrogen-bond acceptors (Lipinski definition) is 12. The van der Waals surface area contributed by atoms with Crippen LogP contribution in [0.25, 0.3) is 78.7 Å². The van der Waals surface area contributed by atoms with E-state index in [0.717, 1.165) is 19.5 Å². The van der Waals surface area contributed by atoms with E-state index in [4.69, 9.17) is 21.0 Å². The van der Waals surface area contributed by atoms with Crippen molar-refractivity contribution in [1.82, 2.24) is 0 Å². The summed E-state index contributed by atoms with van der Waals surface area (Å²) in [5.41, 5.74) is 0.235. The molecule has 8 aromatic rings. The number of nitriles is 4. The molecule has 8 aromatic heterocycles. The Morgan fingerprint density at radius 2 is 0.810 bits per heavy atom. The summed E-state index contributed by atoms with van der Waals surface area (Å²) in [5, 5.41) is 36.3. The highest BCUT2D eigenvalue weighted by Crippen LogP contribution is 2.57. The van der Waals surface area contributed by atoms with Gasteiger partial charge < -0.3 is 0 Å². The second-order valence-corrected chi connectivity index (χ2v) is 17.4. The van der Waals surface area contributed by atoms with E-state index in [9.17, 15) is 0 Å². The fourth-order valence-electron chi connectivity index (χ4n) is 4.65. The molecule has 0 amide bonds. The molecule has 0 unspecified atom stereocenters. The summed E-state index contributed by atoms with van der Waals surface area (Å²) < 4.78 is 13.5. The van der Waals surface area contributed by atoms with Crippen molar-refractivity contribution in [2.24, 2.45) is 0 Å². The van der Waals surface area contributed by atoms with Crippen molar-refractivity contribution in [2.45, 2.75) is 0 Å². The molecule has 0 radical (unpaired) electrons. The van der Waals surface area contributed by atoms with Crippen molar-refractivity contribution in [3.8, 4) is 43.8 Å². The molecule has 8 rings (SSSR count). The molecule has 4 nitrogen and oxygen atoms in total. The minimum Gasteiger partial charge on any atom is -0.192 e. The largest absolute Gasteiger partial charge is 0.192 e. The molecule has 0 saturated heterocycles. The summed E-state index contributed by atoms with van der Waals surface area (Å²) in [4.78, 5) is 6.55. The minimum absolute atomic E-state index is 0.118. The van der Waals surface area contributed by atoms with Crippen molar-refractivity contribution in [3.63, 3.8) is 0 Å². The van der Waals surface area contributed by atoms with Gasteiger partial charge >= 0.3 is 0 Å². The Labute approximate surface area is 269 Å². The number of hydrogen-bond donors (Lipinski definition) is 0. The lowest BCUT2D eigenvalue weighted by molar-refractivity contribution is 1.47. The zero-order chi connectivity index (χ0) is 28.5. The van der Waals surface area contributed by atoms with Crippen LogP contribution in [0.5, 0.6) is 0 Å². The Morgan fingerprint density at radius 1 is 0.429 bits per heavy atom. The lowest BCUT2D eigenvalue weighted by atomic mass is 10.3. The molecule has 12 heteroatoms. The van der Waals surface area contributed by atoms with Crippen molar-refractivity contribution < 1.29 is 0 Å². The average molecular weight is 681 g/mol. The molecular formula is C30H8N4S8. The van der Waals surface area contributed by atoms with Crippen molar-refractivity contribution in [2.75, 3.05) is 0 Å². The van der Waals surface area contributed by atoms with Crippen LogP contribution in [0.4, 0.5) is 0 Å². The summed E-state index contributed by atoms with van der Waals surface area (Å²) in [5.74, 6) is 0. The van der Waals surface area contributed by atoms with Crippen molar-refractivity contribution in [1.29, 1.82) is 21.0 Å². The van der Waals surface area contributed by atoms with E-state index in [-0.39, 0.29) is 11.1 Å². The first-order valence-electron chi connectivity index (χ1n) is 12.0. The summed E-state index contributed by atoms with van der Waals surface area (Å²) in [6.07, 6.45) is 3.29. The van der Waals surface area contributed by atoms with Crippen LogP contribution in [0.2, 0.25) is 0 Å². The SMILES string of the molecule is N#CC(C#N)=Cc1ccc(-c2cc3sc4c(sc5c6sc7cc(-c8ccc(C=C(C#N)C#N)s8)sc7c6sc45)c3s2)s1. The molecule has 0 bridgehead atoms.